The monoisotopic (exact) mass is 321 g/mol. The zero-order valence-corrected chi connectivity index (χ0v) is 13.0. The van der Waals surface area contributed by atoms with E-state index in [2.05, 4.69) is 15.5 Å². The number of anilines is 1. The second kappa shape index (κ2) is 5.15. The molecule has 110 valence electrons. The van der Waals surface area contributed by atoms with Gasteiger partial charge in [-0.25, -0.2) is 0 Å². The van der Waals surface area contributed by atoms with Crippen LogP contribution in [0.15, 0.2) is 16.8 Å². The molecule has 1 atom stereocenters. The number of nitrogens with zero attached hydrogens (tertiary/aromatic N) is 2. The first kappa shape index (κ1) is 13.4. The summed E-state index contributed by atoms with van der Waals surface area (Å²) in [6.45, 7) is 1.57. The molecule has 0 aromatic carbocycles. The molecule has 1 spiro atoms. The maximum atomic E-state index is 12.3. The summed E-state index contributed by atoms with van der Waals surface area (Å²) in [5, 5.41) is 16.6. The van der Waals surface area contributed by atoms with Crippen molar-refractivity contribution in [1.29, 1.82) is 0 Å². The number of carbonyl (C=O) groups is 1. The Hall–Kier alpha value is -1.31. The first-order valence-corrected chi connectivity index (χ1v) is 8.77. The molecule has 0 bridgehead atoms. The molecular weight excluding hydrogens is 306 g/mol. The van der Waals surface area contributed by atoms with Crippen molar-refractivity contribution in [1.82, 2.24) is 10.2 Å². The molecule has 4 rings (SSSR count). The van der Waals surface area contributed by atoms with Gasteiger partial charge in [-0.1, -0.05) is 11.3 Å². The van der Waals surface area contributed by atoms with Gasteiger partial charge < -0.3 is 10.1 Å². The molecule has 2 aromatic heterocycles. The van der Waals surface area contributed by atoms with Crippen LogP contribution in [-0.2, 0) is 9.53 Å². The van der Waals surface area contributed by atoms with Crippen molar-refractivity contribution < 1.29 is 9.53 Å². The van der Waals surface area contributed by atoms with E-state index in [1.807, 2.05) is 16.8 Å². The van der Waals surface area contributed by atoms with Gasteiger partial charge in [0, 0.05) is 30.1 Å². The summed E-state index contributed by atoms with van der Waals surface area (Å²) in [6.07, 6.45) is 2.99. The van der Waals surface area contributed by atoms with E-state index in [0.717, 1.165) is 43.0 Å². The van der Waals surface area contributed by atoms with Crippen LogP contribution in [0, 0.1) is 11.3 Å². The Morgan fingerprint density at radius 2 is 2.24 bits per heavy atom. The first-order valence-electron chi connectivity index (χ1n) is 7.02. The lowest BCUT2D eigenvalue weighted by Gasteiger charge is -2.22. The molecule has 1 N–H and O–H groups in total. The van der Waals surface area contributed by atoms with Gasteiger partial charge in [-0.2, -0.15) is 11.3 Å². The van der Waals surface area contributed by atoms with E-state index in [1.165, 1.54) is 11.3 Å². The molecule has 1 aliphatic heterocycles. The highest BCUT2D eigenvalue weighted by Crippen LogP contribution is 2.59. The van der Waals surface area contributed by atoms with Gasteiger partial charge in [-0.15, -0.1) is 10.2 Å². The van der Waals surface area contributed by atoms with Crippen LogP contribution in [0.2, 0.25) is 0 Å². The van der Waals surface area contributed by atoms with Crippen LogP contribution in [0.5, 0.6) is 0 Å². The van der Waals surface area contributed by atoms with Gasteiger partial charge in [0.1, 0.15) is 5.01 Å². The molecular formula is C14H15N3O2S2. The molecule has 5 nitrogen and oxygen atoms in total. The van der Waals surface area contributed by atoms with Crippen molar-refractivity contribution in [2.45, 2.75) is 19.3 Å². The second-order valence-electron chi connectivity index (χ2n) is 5.65. The molecule has 1 unspecified atom stereocenters. The third kappa shape index (κ3) is 2.49. The highest BCUT2D eigenvalue weighted by atomic mass is 32.1. The average Bonchev–Trinajstić information content (AvgIpc) is 2.93. The lowest BCUT2D eigenvalue weighted by Crippen LogP contribution is -2.24. The fraction of sp³-hybridized carbons (Fsp3) is 0.500. The van der Waals surface area contributed by atoms with Crippen LogP contribution in [0.1, 0.15) is 19.3 Å². The zero-order chi connectivity index (χ0) is 14.3. The van der Waals surface area contributed by atoms with E-state index < -0.39 is 0 Å². The summed E-state index contributed by atoms with van der Waals surface area (Å²) < 4.78 is 5.39. The predicted molar refractivity (Wildman–Crippen MR) is 82.4 cm³/mol. The third-order valence-electron chi connectivity index (χ3n) is 4.42. The molecule has 1 aliphatic carbocycles. The lowest BCUT2D eigenvalue weighted by atomic mass is 9.94. The van der Waals surface area contributed by atoms with Gasteiger partial charge in [0.05, 0.1) is 0 Å². The molecule has 1 amide bonds. The Balaban J connectivity index is 1.41. The highest BCUT2D eigenvalue weighted by Gasteiger charge is 2.58. The molecule has 3 heterocycles. The van der Waals surface area contributed by atoms with Crippen molar-refractivity contribution in [2.75, 3.05) is 18.5 Å². The Morgan fingerprint density at radius 1 is 1.38 bits per heavy atom. The van der Waals surface area contributed by atoms with E-state index in [4.69, 9.17) is 4.74 Å². The summed E-state index contributed by atoms with van der Waals surface area (Å²) in [7, 11) is 0. The van der Waals surface area contributed by atoms with Gasteiger partial charge in [0.2, 0.25) is 11.0 Å². The van der Waals surface area contributed by atoms with Gasteiger partial charge in [-0.05, 0) is 36.1 Å². The number of rotatable bonds is 3. The minimum absolute atomic E-state index is 0.0879. The number of carbonyl (C=O) groups excluding carboxylic acids is 1. The van der Waals surface area contributed by atoms with Crippen molar-refractivity contribution in [3.63, 3.8) is 0 Å². The van der Waals surface area contributed by atoms with E-state index in [9.17, 15) is 4.79 Å². The molecule has 0 radical (unpaired) electrons. The minimum atomic E-state index is 0.0879. The number of thiophene rings is 1. The standard InChI is InChI=1S/C14H15N3O2S2/c18-11(10-7-14(10)2-4-19-5-3-14)15-13-17-16-12(21-13)9-1-6-20-8-9/h1,6,8,10H,2-5,7H2,(H,15,17,18). The normalized spacial score (nSPS) is 23.1. The third-order valence-corrected chi connectivity index (χ3v) is 5.99. The van der Waals surface area contributed by atoms with Crippen LogP contribution in [0.3, 0.4) is 0 Å². The first-order chi connectivity index (χ1) is 10.3. The summed E-state index contributed by atoms with van der Waals surface area (Å²) in [5.41, 5.74) is 1.26. The average molecular weight is 321 g/mol. The number of hydrogen-bond acceptors (Lipinski definition) is 6. The van der Waals surface area contributed by atoms with Crippen LogP contribution in [0.4, 0.5) is 5.13 Å². The van der Waals surface area contributed by atoms with Crippen molar-refractivity contribution in [2.24, 2.45) is 11.3 Å². The van der Waals surface area contributed by atoms with Crippen LogP contribution in [0.25, 0.3) is 10.6 Å². The molecule has 21 heavy (non-hydrogen) atoms. The predicted octanol–water partition coefficient (Wildman–Crippen LogP) is 3.02. The van der Waals surface area contributed by atoms with Crippen molar-refractivity contribution in [3.05, 3.63) is 16.8 Å². The van der Waals surface area contributed by atoms with Gasteiger partial charge >= 0.3 is 0 Å². The van der Waals surface area contributed by atoms with Gasteiger partial charge in [0.15, 0.2) is 0 Å². The number of aromatic nitrogens is 2. The molecule has 2 fully saturated rings. The van der Waals surface area contributed by atoms with E-state index in [-0.39, 0.29) is 17.2 Å². The summed E-state index contributed by atoms with van der Waals surface area (Å²) in [4.78, 5) is 12.3. The Kier molecular flexibility index (Phi) is 3.28. The molecule has 1 saturated heterocycles. The summed E-state index contributed by atoms with van der Waals surface area (Å²) >= 11 is 3.05. The highest BCUT2D eigenvalue weighted by molar-refractivity contribution is 7.19. The molecule has 7 heteroatoms. The largest absolute Gasteiger partial charge is 0.381 e. The van der Waals surface area contributed by atoms with Gasteiger partial charge in [0.25, 0.3) is 0 Å². The van der Waals surface area contributed by atoms with Crippen LogP contribution < -0.4 is 5.32 Å². The fourth-order valence-corrected chi connectivity index (χ4v) is 4.48. The fourth-order valence-electron chi connectivity index (χ4n) is 3.02. The molecule has 1 saturated carbocycles. The summed E-state index contributed by atoms with van der Waals surface area (Å²) in [5.74, 6) is 0.208. The number of hydrogen-bond donors (Lipinski definition) is 1. The molecule has 2 aliphatic rings. The Labute approximate surface area is 130 Å². The smallest absolute Gasteiger partial charge is 0.229 e. The SMILES string of the molecule is O=C(Nc1nnc(-c2ccsc2)s1)C1CC12CCOCC2. The van der Waals surface area contributed by atoms with Gasteiger partial charge in [-0.3, -0.25) is 4.79 Å². The quantitative estimate of drug-likeness (QED) is 0.944. The van der Waals surface area contributed by atoms with Crippen molar-refractivity contribution in [3.8, 4) is 10.6 Å². The maximum Gasteiger partial charge on any atom is 0.229 e. The number of amides is 1. The van der Waals surface area contributed by atoms with Crippen molar-refractivity contribution >= 4 is 33.7 Å². The Bertz CT molecular complexity index is 647. The second-order valence-corrected chi connectivity index (χ2v) is 7.40. The summed E-state index contributed by atoms with van der Waals surface area (Å²) in [6, 6.07) is 2.01. The lowest BCUT2D eigenvalue weighted by molar-refractivity contribution is -0.118. The Morgan fingerprint density at radius 3 is 3.00 bits per heavy atom. The molecule has 2 aromatic rings. The maximum absolute atomic E-state index is 12.3. The number of nitrogens with one attached hydrogen (secondary N) is 1. The number of ether oxygens (including phenoxy) is 1. The zero-order valence-electron chi connectivity index (χ0n) is 11.4. The van der Waals surface area contributed by atoms with Crippen LogP contribution in [-0.4, -0.2) is 29.3 Å². The topological polar surface area (TPSA) is 64.1 Å². The van der Waals surface area contributed by atoms with E-state index in [1.54, 1.807) is 11.3 Å². The minimum Gasteiger partial charge on any atom is -0.381 e. The van der Waals surface area contributed by atoms with Crippen LogP contribution >= 0.6 is 22.7 Å². The van der Waals surface area contributed by atoms with E-state index >= 15 is 0 Å². The van der Waals surface area contributed by atoms with E-state index in [0.29, 0.717) is 5.13 Å².